The lowest BCUT2D eigenvalue weighted by molar-refractivity contribution is -0.136. The van der Waals surface area contributed by atoms with Gasteiger partial charge in [-0.2, -0.15) is 5.10 Å². The average molecular weight is 477 g/mol. The van der Waals surface area contributed by atoms with Gasteiger partial charge in [0.1, 0.15) is 12.4 Å². The molecular formula is C22H16Cl3N3O3. The van der Waals surface area contributed by atoms with Gasteiger partial charge in [0.2, 0.25) is 0 Å². The summed E-state index contributed by atoms with van der Waals surface area (Å²) in [4.78, 5) is 23.9. The first-order valence-electron chi connectivity index (χ1n) is 8.98. The van der Waals surface area contributed by atoms with E-state index < -0.39 is 11.8 Å². The van der Waals surface area contributed by atoms with Crippen LogP contribution in [-0.2, 0) is 16.2 Å². The Balaban J connectivity index is 1.55. The zero-order valence-corrected chi connectivity index (χ0v) is 18.2. The standard InChI is InChI=1S/C22H16Cl3N3O3/c23-17-8-2-1-6-15(17)13-31-16-7-3-5-14(11-16)12-26-28-22(30)21(29)27-19-10-4-9-18(24)20(19)25/h1-12H,13H2,(H,27,29)(H,28,30)/b26-12-. The van der Waals surface area contributed by atoms with Crippen molar-refractivity contribution in [2.45, 2.75) is 6.61 Å². The molecule has 0 bridgehead atoms. The van der Waals surface area contributed by atoms with E-state index in [0.29, 0.717) is 22.9 Å². The smallest absolute Gasteiger partial charge is 0.329 e. The molecule has 0 spiro atoms. The highest BCUT2D eigenvalue weighted by Gasteiger charge is 2.15. The highest BCUT2D eigenvalue weighted by molar-refractivity contribution is 6.45. The molecular weight excluding hydrogens is 461 g/mol. The molecule has 31 heavy (non-hydrogen) atoms. The van der Waals surface area contributed by atoms with E-state index in [9.17, 15) is 9.59 Å². The maximum Gasteiger partial charge on any atom is 0.329 e. The highest BCUT2D eigenvalue weighted by Crippen LogP contribution is 2.29. The summed E-state index contributed by atoms with van der Waals surface area (Å²) in [5, 5.41) is 7.20. The number of halogens is 3. The van der Waals surface area contributed by atoms with Crippen LogP contribution >= 0.6 is 34.8 Å². The third kappa shape index (κ3) is 6.46. The normalized spacial score (nSPS) is 10.7. The summed E-state index contributed by atoms with van der Waals surface area (Å²) in [6.07, 6.45) is 1.39. The summed E-state index contributed by atoms with van der Waals surface area (Å²) in [7, 11) is 0. The highest BCUT2D eigenvalue weighted by atomic mass is 35.5. The maximum atomic E-state index is 12.0. The van der Waals surface area contributed by atoms with Crippen LogP contribution in [0.2, 0.25) is 15.1 Å². The lowest BCUT2D eigenvalue weighted by Gasteiger charge is -2.08. The van der Waals surface area contributed by atoms with Gasteiger partial charge in [0, 0.05) is 10.6 Å². The van der Waals surface area contributed by atoms with Gasteiger partial charge in [0.25, 0.3) is 0 Å². The number of hydrogen-bond donors (Lipinski definition) is 2. The number of benzene rings is 3. The van der Waals surface area contributed by atoms with Gasteiger partial charge in [0.05, 0.1) is 21.9 Å². The molecule has 3 aromatic carbocycles. The first kappa shape index (κ1) is 22.6. The Labute approximate surface area is 193 Å². The second-order valence-electron chi connectivity index (χ2n) is 6.21. The van der Waals surface area contributed by atoms with Gasteiger partial charge in [-0.3, -0.25) is 9.59 Å². The Hall–Kier alpha value is -3.06. The van der Waals surface area contributed by atoms with Crippen LogP contribution in [0.3, 0.4) is 0 Å². The SMILES string of the molecule is O=C(N/N=C\c1cccc(OCc2ccccc2Cl)c1)C(=O)Nc1cccc(Cl)c1Cl. The van der Waals surface area contributed by atoms with Crippen LogP contribution in [0.15, 0.2) is 71.8 Å². The summed E-state index contributed by atoms with van der Waals surface area (Å²) >= 11 is 18.0. The molecule has 158 valence electrons. The molecule has 2 N–H and O–H groups in total. The number of anilines is 1. The number of ether oxygens (including phenoxy) is 1. The van der Waals surface area contributed by atoms with E-state index in [2.05, 4.69) is 15.8 Å². The van der Waals surface area contributed by atoms with Gasteiger partial charge >= 0.3 is 11.8 Å². The van der Waals surface area contributed by atoms with E-state index >= 15 is 0 Å². The average Bonchev–Trinajstić information content (AvgIpc) is 2.76. The third-order valence-electron chi connectivity index (χ3n) is 4.00. The fraction of sp³-hybridized carbons (Fsp3) is 0.0455. The minimum atomic E-state index is -0.960. The molecule has 0 aromatic heterocycles. The lowest BCUT2D eigenvalue weighted by atomic mass is 10.2. The number of hydrogen-bond acceptors (Lipinski definition) is 4. The molecule has 0 saturated carbocycles. The number of carbonyl (C=O) groups excluding carboxylic acids is 2. The van der Waals surface area contributed by atoms with E-state index in [1.807, 2.05) is 18.2 Å². The molecule has 0 radical (unpaired) electrons. The van der Waals surface area contributed by atoms with Crippen LogP contribution in [0, 0.1) is 0 Å². The Morgan fingerprint density at radius 2 is 1.65 bits per heavy atom. The van der Waals surface area contributed by atoms with Gasteiger partial charge in [-0.05, 0) is 35.9 Å². The number of rotatable bonds is 6. The molecule has 3 rings (SSSR count). The first-order chi connectivity index (χ1) is 14.9. The second kappa shape index (κ2) is 10.8. The zero-order chi connectivity index (χ0) is 22.2. The summed E-state index contributed by atoms with van der Waals surface area (Å²) < 4.78 is 5.75. The topological polar surface area (TPSA) is 79.8 Å². The predicted octanol–water partition coefficient (Wildman–Crippen LogP) is 5.31. The van der Waals surface area contributed by atoms with Gasteiger partial charge in [-0.1, -0.05) is 71.2 Å². The summed E-state index contributed by atoms with van der Waals surface area (Å²) in [5.41, 5.74) is 3.90. The van der Waals surface area contributed by atoms with Crippen molar-refractivity contribution in [3.63, 3.8) is 0 Å². The second-order valence-corrected chi connectivity index (χ2v) is 7.40. The van der Waals surface area contributed by atoms with Crippen molar-refractivity contribution in [3.05, 3.63) is 92.9 Å². The van der Waals surface area contributed by atoms with Crippen LogP contribution in [0.1, 0.15) is 11.1 Å². The molecule has 0 unspecified atom stereocenters. The molecule has 0 atom stereocenters. The number of amides is 2. The maximum absolute atomic E-state index is 12.0. The molecule has 0 aliphatic carbocycles. The van der Waals surface area contributed by atoms with E-state index in [4.69, 9.17) is 39.5 Å². The Morgan fingerprint density at radius 3 is 2.45 bits per heavy atom. The van der Waals surface area contributed by atoms with Crippen molar-refractivity contribution in [3.8, 4) is 5.75 Å². The quantitative estimate of drug-likeness (QED) is 0.287. The molecule has 6 nitrogen and oxygen atoms in total. The Kier molecular flexibility index (Phi) is 7.89. The Bertz CT molecular complexity index is 1140. The van der Waals surface area contributed by atoms with Crippen LogP contribution in [-0.4, -0.2) is 18.0 Å². The molecule has 0 aliphatic heterocycles. The van der Waals surface area contributed by atoms with E-state index in [1.54, 1.807) is 42.5 Å². The van der Waals surface area contributed by atoms with E-state index in [0.717, 1.165) is 5.56 Å². The third-order valence-corrected chi connectivity index (χ3v) is 5.18. The number of carbonyl (C=O) groups is 2. The van der Waals surface area contributed by atoms with E-state index in [1.165, 1.54) is 12.3 Å². The van der Waals surface area contributed by atoms with Crippen LogP contribution in [0.5, 0.6) is 5.75 Å². The van der Waals surface area contributed by atoms with Crippen molar-refractivity contribution >= 4 is 58.5 Å². The predicted molar refractivity (Wildman–Crippen MR) is 123 cm³/mol. The summed E-state index contributed by atoms with van der Waals surface area (Å²) in [6, 6.07) is 19.2. The largest absolute Gasteiger partial charge is 0.489 e. The molecule has 2 amide bonds. The molecule has 0 fully saturated rings. The molecule has 0 saturated heterocycles. The van der Waals surface area contributed by atoms with E-state index in [-0.39, 0.29) is 15.7 Å². The fourth-order valence-electron chi connectivity index (χ4n) is 2.46. The van der Waals surface area contributed by atoms with Crippen molar-refractivity contribution in [1.82, 2.24) is 5.43 Å². The van der Waals surface area contributed by atoms with Gasteiger partial charge in [-0.15, -0.1) is 0 Å². The van der Waals surface area contributed by atoms with Gasteiger partial charge < -0.3 is 10.1 Å². The fourth-order valence-corrected chi connectivity index (χ4v) is 2.99. The van der Waals surface area contributed by atoms with Crippen molar-refractivity contribution in [1.29, 1.82) is 0 Å². The molecule has 0 heterocycles. The van der Waals surface area contributed by atoms with Crippen LogP contribution in [0.4, 0.5) is 5.69 Å². The van der Waals surface area contributed by atoms with Crippen molar-refractivity contribution in [2.75, 3.05) is 5.32 Å². The minimum absolute atomic E-state index is 0.141. The van der Waals surface area contributed by atoms with Crippen LogP contribution in [0.25, 0.3) is 0 Å². The number of nitrogens with zero attached hydrogens (tertiary/aromatic N) is 1. The minimum Gasteiger partial charge on any atom is -0.489 e. The summed E-state index contributed by atoms with van der Waals surface area (Å²) in [6.45, 7) is 0.309. The monoisotopic (exact) mass is 475 g/mol. The van der Waals surface area contributed by atoms with Gasteiger partial charge in [-0.25, -0.2) is 5.43 Å². The Morgan fingerprint density at radius 1 is 0.903 bits per heavy atom. The van der Waals surface area contributed by atoms with Crippen molar-refractivity contribution < 1.29 is 14.3 Å². The van der Waals surface area contributed by atoms with Gasteiger partial charge in [0.15, 0.2) is 0 Å². The first-order valence-corrected chi connectivity index (χ1v) is 10.1. The molecule has 0 aliphatic rings. The lowest BCUT2D eigenvalue weighted by Crippen LogP contribution is -2.32. The molecule has 9 heteroatoms. The van der Waals surface area contributed by atoms with Crippen LogP contribution < -0.4 is 15.5 Å². The number of nitrogens with one attached hydrogen (secondary N) is 2. The number of hydrazone groups is 1. The zero-order valence-electron chi connectivity index (χ0n) is 15.9. The van der Waals surface area contributed by atoms with Crippen molar-refractivity contribution in [2.24, 2.45) is 5.10 Å². The molecule has 3 aromatic rings. The summed E-state index contributed by atoms with van der Waals surface area (Å²) in [5.74, 6) is -1.29.